The standard InChI is InChI=1S/C16H18N2/c1-12-5-8-16(9-6-12)18-17-11-15-10-13(2)4-7-14(15)3/h4-11,18H,1-3H3/b17-11-. The number of rotatable bonds is 3. The van der Waals surface area contributed by atoms with Gasteiger partial charge in [-0.05, 0) is 44.0 Å². The van der Waals surface area contributed by atoms with Gasteiger partial charge < -0.3 is 0 Å². The van der Waals surface area contributed by atoms with Crippen LogP contribution in [-0.2, 0) is 0 Å². The van der Waals surface area contributed by atoms with Crippen LogP contribution in [0.25, 0.3) is 0 Å². The molecule has 0 heterocycles. The van der Waals surface area contributed by atoms with Crippen LogP contribution < -0.4 is 5.43 Å². The summed E-state index contributed by atoms with van der Waals surface area (Å²) in [5, 5.41) is 4.27. The lowest BCUT2D eigenvalue weighted by molar-refractivity contribution is 1.32. The topological polar surface area (TPSA) is 24.4 Å². The molecule has 2 aromatic carbocycles. The van der Waals surface area contributed by atoms with E-state index in [1.165, 1.54) is 16.7 Å². The van der Waals surface area contributed by atoms with E-state index in [2.05, 4.69) is 61.6 Å². The van der Waals surface area contributed by atoms with Crippen LogP contribution >= 0.6 is 0 Å². The minimum Gasteiger partial charge on any atom is -0.279 e. The van der Waals surface area contributed by atoms with Gasteiger partial charge >= 0.3 is 0 Å². The second-order valence-electron chi connectivity index (χ2n) is 4.60. The van der Waals surface area contributed by atoms with Crippen molar-refractivity contribution in [2.24, 2.45) is 5.10 Å². The Kier molecular flexibility index (Phi) is 3.78. The molecule has 0 unspecified atom stereocenters. The summed E-state index contributed by atoms with van der Waals surface area (Å²) < 4.78 is 0. The Balaban J connectivity index is 2.07. The third-order valence-corrected chi connectivity index (χ3v) is 2.88. The molecule has 1 N–H and O–H groups in total. The lowest BCUT2D eigenvalue weighted by Gasteiger charge is -2.03. The molecule has 0 amide bonds. The molecule has 0 atom stereocenters. The number of hydrogen-bond acceptors (Lipinski definition) is 2. The lowest BCUT2D eigenvalue weighted by Crippen LogP contribution is -1.93. The Morgan fingerprint density at radius 1 is 0.889 bits per heavy atom. The number of aryl methyl sites for hydroxylation is 3. The first kappa shape index (κ1) is 12.4. The van der Waals surface area contributed by atoms with E-state index in [4.69, 9.17) is 0 Å². The van der Waals surface area contributed by atoms with E-state index < -0.39 is 0 Å². The average Bonchev–Trinajstić information content (AvgIpc) is 2.36. The number of benzene rings is 2. The molecule has 18 heavy (non-hydrogen) atoms. The first-order valence-corrected chi connectivity index (χ1v) is 6.08. The average molecular weight is 238 g/mol. The molecule has 0 spiro atoms. The van der Waals surface area contributed by atoms with Crippen LogP contribution in [0, 0.1) is 20.8 Å². The molecule has 2 heteroatoms. The molecule has 2 nitrogen and oxygen atoms in total. The number of anilines is 1. The molecule has 0 bridgehead atoms. The van der Waals surface area contributed by atoms with E-state index in [0.29, 0.717) is 0 Å². The van der Waals surface area contributed by atoms with Crippen LogP contribution in [0.1, 0.15) is 22.3 Å². The van der Waals surface area contributed by atoms with Crippen LogP contribution in [0.15, 0.2) is 47.6 Å². The maximum Gasteiger partial charge on any atom is 0.0561 e. The summed E-state index contributed by atoms with van der Waals surface area (Å²) in [6, 6.07) is 14.5. The summed E-state index contributed by atoms with van der Waals surface area (Å²) in [5.74, 6) is 0. The predicted octanol–water partition coefficient (Wildman–Crippen LogP) is 4.06. The molecule has 0 aliphatic carbocycles. The predicted molar refractivity (Wildman–Crippen MR) is 78.3 cm³/mol. The highest BCUT2D eigenvalue weighted by molar-refractivity contribution is 5.82. The summed E-state index contributed by atoms with van der Waals surface area (Å²) in [5.41, 5.74) is 8.91. The van der Waals surface area contributed by atoms with Crippen LogP contribution in [-0.4, -0.2) is 6.21 Å². The van der Waals surface area contributed by atoms with Crippen LogP contribution in [0.3, 0.4) is 0 Å². The van der Waals surface area contributed by atoms with E-state index in [1.807, 2.05) is 18.3 Å². The van der Waals surface area contributed by atoms with Crippen LogP contribution in [0.4, 0.5) is 5.69 Å². The Morgan fingerprint density at radius 2 is 1.56 bits per heavy atom. The van der Waals surface area contributed by atoms with Crippen LogP contribution in [0.2, 0.25) is 0 Å². The van der Waals surface area contributed by atoms with E-state index in [-0.39, 0.29) is 0 Å². The number of nitrogens with one attached hydrogen (secondary N) is 1. The van der Waals surface area contributed by atoms with Crippen molar-refractivity contribution in [3.63, 3.8) is 0 Å². The summed E-state index contributed by atoms with van der Waals surface area (Å²) >= 11 is 0. The van der Waals surface area contributed by atoms with Crippen molar-refractivity contribution in [2.45, 2.75) is 20.8 Å². The highest BCUT2D eigenvalue weighted by Gasteiger charge is 1.95. The van der Waals surface area contributed by atoms with Gasteiger partial charge in [0.1, 0.15) is 0 Å². The zero-order chi connectivity index (χ0) is 13.0. The zero-order valence-electron chi connectivity index (χ0n) is 11.1. The monoisotopic (exact) mass is 238 g/mol. The molecule has 0 saturated heterocycles. The Morgan fingerprint density at radius 3 is 2.28 bits per heavy atom. The molecule has 0 aliphatic rings. The fourth-order valence-corrected chi connectivity index (χ4v) is 1.70. The van der Waals surface area contributed by atoms with Gasteiger partial charge in [0.2, 0.25) is 0 Å². The summed E-state index contributed by atoms with van der Waals surface area (Å²) in [7, 11) is 0. The smallest absolute Gasteiger partial charge is 0.0561 e. The molecule has 92 valence electrons. The molecule has 0 aromatic heterocycles. The van der Waals surface area contributed by atoms with Crippen molar-refractivity contribution >= 4 is 11.9 Å². The number of nitrogens with zero attached hydrogens (tertiary/aromatic N) is 1. The summed E-state index contributed by atoms with van der Waals surface area (Å²) in [6.45, 7) is 6.25. The van der Waals surface area contributed by atoms with Crippen LogP contribution in [0.5, 0.6) is 0 Å². The minimum absolute atomic E-state index is 1.00. The Hall–Kier alpha value is -2.09. The molecule has 2 rings (SSSR count). The van der Waals surface area contributed by atoms with E-state index >= 15 is 0 Å². The van der Waals surface area contributed by atoms with Gasteiger partial charge in [0.15, 0.2) is 0 Å². The Labute approximate surface area is 108 Å². The Bertz CT molecular complexity index is 554. The van der Waals surface area contributed by atoms with Crippen molar-refractivity contribution < 1.29 is 0 Å². The molecule has 2 aromatic rings. The van der Waals surface area contributed by atoms with Gasteiger partial charge in [-0.25, -0.2) is 0 Å². The zero-order valence-corrected chi connectivity index (χ0v) is 11.1. The summed E-state index contributed by atoms with van der Waals surface area (Å²) in [4.78, 5) is 0. The minimum atomic E-state index is 1.00. The molecule has 0 aliphatic heterocycles. The fraction of sp³-hybridized carbons (Fsp3) is 0.188. The third-order valence-electron chi connectivity index (χ3n) is 2.88. The van der Waals surface area contributed by atoms with Gasteiger partial charge in [-0.3, -0.25) is 5.43 Å². The SMILES string of the molecule is Cc1ccc(N/N=C\c2cc(C)ccc2C)cc1. The van der Waals surface area contributed by atoms with Crippen molar-refractivity contribution in [2.75, 3.05) is 5.43 Å². The van der Waals surface area contributed by atoms with Crippen molar-refractivity contribution in [1.82, 2.24) is 0 Å². The first-order valence-electron chi connectivity index (χ1n) is 6.08. The summed E-state index contributed by atoms with van der Waals surface area (Å²) in [6.07, 6.45) is 1.86. The van der Waals surface area contributed by atoms with Gasteiger partial charge in [0.25, 0.3) is 0 Å². The molecule has 0 radical (unpaired) electrons. The van der Waals surface area contributed by atoms with Gasteiger partial charge in [-0.1, -0.05) is 41.5 Å². The molecular weight excluding hydrogens is 220 g/mol. The van der Waals surface area contributed by atoms with E-state index in [0.717, 1.165) is 11.3 Å². The number of hydrogen-bond donors (Lipinski definition) is 1. The fourth-order valence-electron chi connectivity index (χ4n) is 1.70. The quantitative estimate of drug-likeness (QED) is 0.633. The second-order valence-corrected chi connectivity index (χ2v) is 4.60. The van der Waals surface area contributed by atoms with Crippen molar-refractivity contribution in [3.05, 3.63) is 64.7 Å². The highest BCUT2D eigenvalue weighted by Crippen LogP contribution is 2.10. The largest absolute Gasteiger partial charge is 0.279 e. The van der Waals surface area contributed by atoms with Gasteiger partial charge in [-0.15, -0.1) is 0 Å². The molecule has 0 saturated carbocycles. The highest BCUT2D eigenvalue weighted by atomic mass is 15.3. The van der Waals surface area contributed by atoms with Gasteiger partial charge in [-0.2, -0.15) is 5.10 Å². The van der Waals surface area contributed by atoms with E-state index in [1.54, 1.807) is 0 Å². The van der Waals surface area contributed by atoms with E-state index in [9.17, 15) is 0 Å². The molecular formula is C16H18N2. The van der Waals surface area contributed by atoms with Crippen molar-refractivity contribution in [3.8, 4) is 0 Å². The van der Waals surface area contributed by atoms with Crippen molar-refractivity contribution in [1.29, 1.82) is 0 Å². The van der Waals surface area contributed by atoms with Gasteiger partial charge in [0.05, 0.1) is 11.9 Å². The maximum absolute atomic E-state index is 4.27. The third kappa shape index (κ3) is 3.20. The number of hydrazone groups is 1. The van der Waals surface area contributed by atoms with Gasteiger partial charge in [0, 0.05) is 0 Å². The lowest BCUT2D eigenvalue weighted by atomic mass is 10.1. The normalized spacial score (nSPS) is 10.8. The molecule has 0 fully saturated rings. The second kappa shape index (κ2) is 5.50. The first-order chi connectivity index (χ1) is 8.65. The maximum atomic E-state index is 4.27.